The molecule has 3 N–H and O–H groups in total. The molecule has 14 nitrogen and oxygen atoms in total. The number of aliphatic hydroxyl groups is 1. The number of ether oxygens (including phenoxy) is 5. The molecule has 0 amide bonds. The van der Waals surface area contributed by atoms with Crippen LogP contribution in [0.25, 0.3) is 0 Å². The third-order valence-electron chi connectivity index (χ3n) is 5.61. The van der Waals surface area contributed by atoms with Crippen molar-refractivity contribution < 1.29 is 65.8 Å². The second kappa shape index (κ2) is 12.8. The molecule has 0 aromatic carbocycles. The topological polar surface area (TPSA) is 178 Å². The minimum atomic E-state index is -4.66. The molecule has 0 bridgehead atoms. The maximum Gasteiger partial charge on any atom is 0.472 e. The molecule has 4 radical (unpaired) electrons. The lowest BCUT2D eigenvalue weighted by Crippen LogP contribution is -2.31. The van der Waals surface area contributed by atoms with E-state index in [1.165, 1.54) is 14.2 Å². The first-order chi connectivity index (χ1) is 16.4. The summed E-state index contributed by atoms with van der Waals surface area (Å²) in [5, 5.41) is 9.82. The van der Waals surface area contributed by atoms with Gasteiger partial charge in [-0.2, -0.15) is 0 Å². The fourth-order valence-electron chi connectivity index (χ4n) is 4.00. The summed E-state index contributed by atoms with van der Waals surface area (Å²) < 4.78 is 71.3. The van der Waals surface area contributed by atoms with Gasteiger partial charge in [0.1, 0.15) is 40.1 Å². The van der Waals surface area contributed by atoms with Gasteiger partial charge in [-0.15, -0.1) is 0 Å². The molecule has 35 heavy (non-hydrogen) atoms. The van der Waals surface area contributed by atoms with Crippen LogP contribution in [0, 0.1) is 0 Å². The Kier molecular flexibility index (Phi) is 10.8. The number of phosphoric ester groups is 2. The third-order valence-corrected chi connectivity index (χ3v) is 7.64. The Balaban J connectivity index is 1.51. The molecule has 3 unspecified atom stereocenters. The molecular weight excluding hydrogens is 512 g/mol. The van der Waals surface area contributed by atoms with Gasteiger partial charge in [-0.05, 0) is 12.8 Å². The molecule has 3 aliphatic rings. The lowest BCUT2D eigenvalue weighted by Gasteiger charge is -2.24. The summed E-state index contributed by atoms with van der Waals surface area (Å²) in [7, 11) is 4.98. The van der Waals surface area contributed by atoms with E-state index >= 15 is 0 Å². The summed E-state index contributed by atoms with van der Waals surface area (Å²) in [5.74, 6) is 0. The van der Waals surface area contributed by atoms with Crippen LogP contribution in [-0.4, -0.2) is 120 Å². The van der Waals surface area contributed by atoms with Crippen molar-refractivity contribution in [3.8, 4) is 0 Å². The first-order valence-electron chi connectivity index (χ1n) is 10.9. The fraction of sp³-hybridized carbons (Fsp3) is 1.00. The van der Waals surface area contributed by atoms with Crippen molar-refractivity contribution in [2.24, 2.45) is 0 Å². The minimum absolute atomic E-state index is 0.0843. The van der Waals surface area contributed by atoms with Crippen molar-refractivity contribution in [3.05, 3.63) is 0 Å². The highest BCUT2D eigenvalue weighted by Gasteiger charge is 2.44. The van der Waals surface area contributed by atoms with Gasteiger partial charge in [0.05, 0.1) is 32.0 Å². The van der Waals surface area contributed by atoms with Gasteiger partial charge in [0.25, 0.3) is 0 Å². The zero-order valence-corrected chi connectivity index (χ0v) is 21.1. The molecule has 198 valence electrons. The summed E-state index contributed by atoms with van der Waals surface area (Å²) in [6.07, 6.45) is -6.09. The van der Waals surface area contributed by atoms with Crippen LogP contribution in [0.4, 0.5) is 0 Å². The van der Waals surface area contributed by atoms with E-state index in [9.17, 15) is 24.0 Å². The number of aliphatic hydroxyl groups excluding tert-OH is 1. The van der Waals surface area contributed by atoms with E-state index in [1.54, 1.807) is 0 Å². The Bertz CT molecular complexity index is 779. The molecule has 3 rings (SSSR count). The zero-order chi connectivity index (χ0) is 25.8. The summed E-state index contributed by atoms with van der Waals surface area (Å²) in [6, 6.07) is -1.30. The molecule has 11 atom stereocenters. The summed E-state index contributed by atoms with van der Waals surface area (Å²) in [6.45, 7) is -0.859. The quantitative estimate of drug-likeness (QED) is 0.197. The van der Waals surface area contributed by atoms with Gasteiger partial charge in [0.2, 0.25) is 0 Å². The van der Waals surface area contributed by atoms with Gasteiger partial charge >= 0.3 is 15.6 Å². The molecule has 0 saturated carbocycles. The van der Waals surface area contributed by atoms with Gasteiger partial charge in [0.15, 0.2) is 6.29 Å². The monoisotopic (exact) mass is 542 g/mol. The molecule has 3 fully saturated rings. The SMILES string of the molecule is [B][C@H]1C[C@@H](OC)[C@@H](COP(=O)(O)O[C@@H]2CC(O)O[C@@H]2COP(=O)(O)O[C@@H]2C[C@H]([B])O[C@@H]2COC)O1. The van der Waals surface area contributed by atoms with Crippen LogP contribution in [0.15, 0.2) is 0 Å². The van der Waals surface area contributed by atoms with Gasteiger partial charge in [-0.25, -0.2) is 9.13 Å². The molecule has 0 aromatic heterocycles. The maximum absolute atomic E-state index is 12.5. The largest absolute Gasteiger partial charge is 0.472 e. The van der Waals surface area contributed by atoms with Crippen molar-refractivity contribution in [2.75, 3.05) is 34.0 Å². The van der Waals surface area contributed by atoms with E-state index < -0.39 is 77.2 Å². The third kappa shape index (κ3) is 8.83. The first kappa shape index (κ1) is 29.7. The number of hydrogen-bond acceptors (Lipinski definition) is 12. The fourth-order valence-corrected chi connectivity index (χ4v) is 5.93. The van der Waals surface area contributed by atoms with Gasteiger partial charge in [0, 0.05) is 32.6 Å². The molecule has 3 saturated heterocycles. The Morgan fingerprint density at radius 1 is 0.771 bits per heavy atom. The second-order valence-electron chi connectivity index (χ2n) is 8.31. The number of rotatable bonds is 13. The average Bonchev–Trinajstić information content (AvgIpc) is 3.41. The van der Waals surface area contributed by atoms with Crippen LogP contribution < -0.4 is 0 Å². The lowest BCUT2D eigenvalue weighted by atomic mass is 9.96. The first-order valence-corrected chi connectivity index (χ1v) is 13.9. The van der Waals surface area contributed by atoms with E-state index in [-0.39, 0.29) is 26.1 Å². The van der Waals surface area contributed by atoms with Crippen LogP contribution in [0.1, 0.15) is 19.3 Å². The molecule has 0 aromatic rings. The number of phosphoric acid groups is 2. The number of methoxy groups -OCH3 is 2. The van der Waals surface area contributed by atoms with Gasteiger partial charge < -0.3 is 38.6 Å². The van der Waals surface area contributed by atoms with Gasteiger partial charge in [-0.1, -0.05) is 0 Å². The van der Waals surface area contributed by atoms with Gasteiger partial charge in [-0.3, -0.25) is 18.1 Å². The van der Waals surface area contributed by atoms with E-state index in [0.717, 1.165) is 0 Å². The van der Waals surface area contributed by atoms with Crippen LogP contribution in [0.3, 0.4) is 0 Å². The Labute approximate surface area is 205 Å². The zero-order valence-electron chi connectivity index (χ0n) is 19.3. The Hall–Kier alpha value is 0.110. The Morgan fingerprint density at radius 2 is 1.23 bits per heavy atom. The van der Waals surface area contributed by atoms with E-state index in [0.29, 0.717) is 6.42 Å². The van der Waals surface area contributed by atoms with Crippen LogP contribution in [0.2, 0.25) is 0 Å². The summed E-state index contributed by atoms with van der Waals surface area (Å²) >= 11 is 0. The van der Waals surface area contributed by atoms with Crippen molar-refractivity contribution in [1.82, 2.24) is 0 Å². The highest BCUT2D eigenvalue weighted by Crippen LogP contribution is 2.50. The highest BCUT2D eigenvalue weighted by molar-refractivity contribution is 7.47. The van der Waals surface area contributed by atoms with Crippen LogP contribution >= 0.6 is 15.6 Å². The molecule has 18 heteroatoms. The summed E-state index contributed by atoms with van der Waals surface area (Å²) in [4.78, 5) is 20.2. The van der Waals surface area contributed by atoms with E-state index in [2.05, 4.69) is 0 Å². The predicted octanol–water partition coefficient (Wildman–Crippen LogP) is -0.673. The average molecular weight is 542 g/mol. The van der Waals surface area contributed by atoms with Crippen molar-refractivity contribution in [1.29, 1.82) is 0 Å². The molecule has 3 aliphatic heterocycles. The van der Waals surface area contributed by atoms with Crippen LogP contribution in [-0.2, 0) is 50.9 Å². The lowest BCUT2D eigenvalue weighted by molar-refractivity contribution is -0.108. The molecule has 3 heterocycles. The summed E-state index contributed by atoms with van der Waals surface area (Å²) in [5.41, 5.74) is 0. The smallest absolute Gasteiger partial charge is 0.382 e. The van der Waals surface area contributed by atoms with Crippen molar-refractivity contribution in [2.45, 2.75) is 74.2 Å². The maximum atomic E-state index is 12.5. The van der Waals surface area contributed by atoms with Crippen molar-refractivity contribution in [3.63, 3.8) is 0 Å². The van der Waals surface area contributed by atoms with Crippen LogP contribution in [0.5, 0.6) is 0 Å². The number of hydrogen-bond donors (Lipinski definition) is 3. The molecular formula is C17H30B2O14P2. The van der Waals surface area contributed by atoms with E-state index in [4.69, 9.17) is 57.5 Å². The standard InChI is InChI=1S/C17H30B2O14P2/c1-25-6-12-10(4-16(19)29-12)32-34(21,22)28-8-14-11(5-17(20)31-14)33-35(23,24)27-7-13-9(26-2)3-15(18)30-13/h9-17,20H,3-8H2,1-2H3,(H,21,22)(H,23,24)/t9-,10-,11-,12-,13-,14-,15-,16-,17?/m1/s1. The second-order valence-corrected chi connectivity index (χ2v) is 11.1. The minimum Gasteiger partial charge on any atom is -0.382 e. The molecule has 0 aliphatic carbocycles. The highest BCUT2D eigenvalue weighted by atomic mass is 31.2. The Morgan fingerprint density at radius 3 is 1.74 bits per heavy atom. The normalized spacial score (nSPS) is 41.1. The predicted molar refractivity (Wildman–Crippen MR) is 118 cm³/mol. The van der Waals surface area contributed by atoms with E-state index in [1.807, 2.05) is 0 Å². The molecule has 0 spiro atoms. The van der Waals surface area contributed by atoms with Crippen molar-refractivity contribution >= 4 is 31.3 Å².